The lowest BCUT2D eigenvalue weighted by atomic mass is 9.96. The molecule has 0 spiro atoms. The number of benzene rings is 1. The second kappa shape index (κ2) is 6.50. The maximum absolute atomic E-state index is 13.4. The molecule has 0 bridgehead atoms. The largest absolute Gasteiger partial charge is 0.351 e. The van der Waals surface area contributed by atoms with Crippen LogP contribution in [0.2, 0.25) is 0 Å². The first-order chi connectivity index (χ1) is 8.45. The first-order valence-electron chi connectivity index (χ1n) is 5.57. The zero-order valence-corrected chi connectivity index (χ0v) is 11.8. The summed E-state index contributed by atoms with van der Waals surface area (Å²) in [7, 11) is 0. The second-order valence-electron chi connectivity index (χ2n) is 4.30. The van der Waals surface area contributed by atoms with Crippen molar-refractivity contribution in [2.75, 3.05) is 0 Å². The predicted octanol–water partition coefficient (Wildman–Crippen LogP) is 3.00. The molecule has 0 saturated carbocycles. The molecule has 1 aromatic carbocycles. The van der Waals surface area contributed by atoms with Crippen LogP contribution in [0.4, 0.5) is 4.39 Å². The van der Waals surface area contributed by atoms with Gasteiger partial charge in [-0.05, 0) is 24.1 Å². The molecule has 0 aliphatic rings. The number of carbonyl (C=O) groups excluding carboxylic acids is 1. The van der Waals surface area contributed by atoms with Gasteiger partial charge in [-0.15, -0.1) is 0 Å². The highest BCUT2D eigenvalue weighted by molar-refractivity contribution is 9.10. The summed E-state index contributed by atoms with van der Waals surface area (Å²) in [5, 5.41) is 11.4. The maximum atomic E-state index is 13.4. The summed E-state index contributed by atoms with van der Waals surface area (Å²) < 4.78 is 14.2. The van der Waals surface area contributed by atoms with Gasteiger partial charge in [-0.25, -0.2) is 4.39 Å². The van der Waals surface area contributed by atoms with Crippen molar-refractivity contribution in [3.8, 4) is 6.07 Å². The fourth-order valence-corrected chi connectivity index (χ4v) is 1.89. The number of nitrogens with zero attached hydrogens (tertiary/aromatic N) is 1. The van der Waals surface area contributed by atoms with E-state index in [0.717, 1.165) is 4.47 Å². The zero-order chi connectivity index (χ0) is 13.7. The average molecular weight is 313 g/mol. The van der Waals surface area contributed by atoms with Crippen LogP contribution < -0.4 is 5.32 Å². The summed E-state index contributed by atoms with van der Waals surface area (Å²) in [4.78, 5) is 11.7. The number of amides is 1. The molecule has 0 fully saturated rings. The molecule has 18 heavy (non-hydrogen) atoms. The van der Waals surface area contributed by atoms with E-state index in [1.165, 1.54) is 6.07 Å². The molecule has 0 aliphatic carbocycles. The van der Waals surface area contributed by atoms with Crippen LogP contribution in [0.1, 0.15) is 19.4 Å². The molecule has 96 valence electrons. The highest BCUT2D eigenvalue weighted by Gasteiger charge is 2.21. The van der Waals surface area contributed by atoms with Crippen LogP contribution in [0.3, 0.4) is 0 Å². The quantitative estimate of drug-likeness (QED) is 0.929. The van der Waals surface area contributed by atoms with E-state index in [1.807, 2.05) is 6.07 Å². The summed E-state index contributed by atoms with van der Waals surface area (Å²) in [5.41, 5.74) is 0.387. The Kier molecular flexibility index (Phi) is 5.29. The molecular weight excluding hydrogens is 299 g/mol. The van der Waals surface area contributed by atoms with Gasteiger partial charge in [0.25, 0.3) is 0 Å². The lowest BCUT2D eigenvalue weighted by Gasteiger charge is -2.13. The topological polar surface area (TPSA) is 52.9 Å². The Bertz CT molecular complexity index is 482. The molecule has 5 heteroatoms. The predicted molar refractivity (Wildman–Crippen MR) is 69.9 cm³/mol. The monoisotopic (exact) mass is 312 g/mol. The van der Waals surface area contributed by atoms with Crippen LogP contribution in [0.15, 0.2) is 22.7 Å². The number of rotatable bonds is 4. The Morgan fingerprint density at radius 2 is 2.22 bits per heavy atom. The van der Waals surface area contributed by atoms with E-state index in [1.54, 1.807) is 26.0 Å². The second-order valence-corrected chi connectivity index (χ2v) is 5.22. The number of carbonyl (C=O) groups is 1. The van der Waals surface area contributed by atoms with Crippen LogP contribution in [0.5, 0.6) is 0 Å². The third-order valence-electron chi connectivity index (χ3n) is 2.55. The van der Waals surface area contributed by atoms with Crippen LogP contribution in [0, 0.1) is 29.0 Å². The molecule has 0 aromatic heterocycles. The third-order valence-corrected chi connectivity index (χ3v) is 3.04. The molecule has 0 heterocycles. The van der Waals surface area contributed by atoms with Crippen molar-refractivity contribution in [3.05, 3.63) is 34.1 Å². The minimum absolute atomic E-state index is 0.0673. The van der Waals surface area contributed by atoms with Gasteiger partial charge in [0.2, 0.25) is 5.91 Å². The summed E-state index contributed by atoms with van der Waals surface area (Å²) in [6.07, 6.45) is 0. The molecule has 0 aliphatic heterocycles. The number of hydrogen-bond acceptors (Lipinski definition) is 2. The van der Waals surface area contributed by atoms with E-state index in [2.05, 4.69) is 21.2 Å². The van der Waals surface area contributed by atoms with Gasteiger partial charge in [-0.2, -0.15) is 5.26 Å². The van der Waals surface area contributed by atoms with Crippen molar-refractivity contribution >= 4 is 21.8 Å². The summed E-state index contributed by atoms with van der Waals surface area (Å²) in [5.74, 6) is -1.52. The minimum atomic E-state index is -0.708. The number of hydrogen-bond donors (Lipinski definition) is 1. The van der Waals surface area contributed by atoms with Crippen LogP contribution in [-0.4, -0.2) is 5.91 Å². The van der Waals surface area contributed by atoms with Crippen molar-refractivity contribution in [2.45, 2.75) is 20.4 Å². The zero-order valence-electron chi connectivity index (χ0n) is 10.2. The molecule has 1 aromatic rings. The van der Waals surface area contributed by atoms with Gasteiger partial charge in [-0.3, -0.25) is 4.79 Å². The number of nitriles is 1. The molecule has 1 N–H and O–H groups in total. The third kappa shape index (κ3) is 3.81. The van der Waals surface area contributed by atoms with E-state index in [0.29, 0.717) is 5.56 Å². The van der Waals surface area contributed by atoms with Crippen molar-refractivity contribution in [1.82, 2.24) is 5.32 Å². The molecule has 0 radical (unpaired) electrons. The first-order valence-corrected chi connectivity index (χ1v) is 6.36. The van der Waals surface area contributed by atoms with E-state index >= 15 is 0 Å². The summed E-state index contributed by atoms with van der Waals surface area (Å²) in [6, 6.07) is 6.47. The van der Waals surface area contributed by atoms with Crippen molar-refractivity contribution in [2.24, 2.45) is 11.8 Å². The molecule has 1 amide bonds. The van der Waals surface area contributed by atoms with Gasteiger partial charge < -0.3 is 5.32 Å². The van der Waals surface area contributed by atoms with Crippen LogP contribution in [-0.2, 0) is 11.3 Å². The van der Waals surface area contributed by atoms with Gasteiger partial charge >= 0.3 is 0 Å². The Morgan fingerprint density at radius 3 is 2.78 bits per heavy atom. The highest BCUT2D eigenvalue weighted by atomic mass is 79.9. The fraction of sp³-hybridized carbons (Fsp3) is 0.385. The maximum Gasteiger partial charge on any atom is 0.237 e. The minimum Gasteiger partial charge on any atom is -0.351 e. The Morgan fingerprint density at radius 1 is 1.56 bits per heavy atom. The molecule has 1 unspecified atom stereocenters. The van der Waals surface area contributed by atoms with E-state index < -0.39 is 5.92 Å². The Labute approximate surface area is 114 Å². The van der Waals surface area contributed by atoms with Gasteiger partial charge in [0.1, 0.15) is 11.7 Å². The molecule has 1 atom stereocenters. The fourth-order valence-electron chi connectivity index (χ4n) is 1.48. The molecule has 3 nitrogen and oxygen atoms in total. The molecule has 0 saturated heterocycles. The summed E-state index contributed by atoms with van der Waals surface area (Å²) in [6.45, 7) is 3.68. The lowest BCUT2D eigenvalue weighted by Crippen LogP contribution is -2.32. The first kappa shape index (κ1) is 14.7. The molecular formula is C13H14BrFN2O. The van der Waals surface area contributed by atoms with E-state index in [-0.39, 0.29) is 24.2 Å². The van der Waals surface area contributed by atoms with Gasteiger partial charge in [-0.1, -0.05) is 29.8 Å². The highest BCUT2D eigenvalue weighted by Crippen LogP contribution is 2.16. The van der Waals surface area contributed by atoms with E-state index in [4.69, 9.17) is 5.26 Å². The van der Waals surface area contributed by atoms with Gasteiger partial charge in [0, 0.05) is 16.6 Å². The Hall–Kier alpha value is -1.41. The lowest BCUT2D eigenvalue weighted by molar-refractivity contribution is -0.124. The van der Waals surface area contributed by atoms with Crippen molar-refractivity contribution in [1.29, 1.82) is 5.26 Å². The number of nitrogens with one attached hydrogen (secondary N) is 1. The van der Waals surface area contributed by atoms with Gasteiger partial charge in [0.15, 0.2) is 0 Å². The SMILES string of the molecule is CC(C)C(C#N)C(=O)NCc1cc(Br)ccc1F. The van der Waals surface area contributed by atoms with Crippen molar-refractivity contribution in [3.63, 3.8) is 0 Å². The standard InChI is InChI=1S/C13H14BrFN2O/c1-8(2)11(6-16)13(18)17-7-9-5-10(14)3-4-12(9)15/h3-5,8,11H,7H2,1-2H3,(H,17,18). The average Bonchev–Trinajstić information content (AvgIpc) is 2.30. The molecule has 1 rings (SSSR count). The van der Waals surface area contributed by atoms with Crippen molar-refractivity contribution < 1.29 is 9.18 Å². The smallest absolute Gasteiger partial charge is 0.237 e. The van der Waals surface area contributed by atoms with Crippen LogP contribution in [0.25, 0.3) is 0 Å². The number of halogens is 2. The summed E-state index contributed by atoms with van der Waals surface area (Å²) >= 11 is 3.24. The normalized spacial score (nSPS) is 12.0. The van der Waals surface area contributed by atoms with Gasteiger partial charge in [0.05, 0.1) is 6.07 Å². The van der Waals surface area contributed by atoms with E-state index in [9.17, 15) is 9.18 Å². The van der Waals surface area contributed by atoms with Crippen LogP contribution >= 0.6 is 15.9 Å². The Balaban J connectivity index is 2.68.